The van der Waals surface area contributed by atoms with Crippen LogP contribution < -0.4 is 5.73 Å². The highest BCUT2D eigenvalue weighted by Gasteiger charge is 2.25. The lowest BCUT2D eigenvalue weighted by molar-refractivity contribution is 0.380. The summed E-state index contributed by atoms with van der Waals surface area (Å²) in [5, 5.41) is 0.367. The molecule has 0 radical (unpaired) electrons. The van der Waals surface area contributed by atoms with Crippen LogP contribution in [-0.2, 0) is 10.0 Å². The second-order valence-electron chi connectivity index (χ2n) is 4.40. The van der Waals surface area contributed by atoms with Crippen molar-refractivity contribution in [3.63, 3.8) is 0 Å². The van der Waals surface area contributed by atoms with Gasteiger partial charge in [-0.25, -0.2) is 8.42 Å². The molecule has 1 aromatic carbocycles. The Kier molecular flexibility index (Phi) is 4.64. The first kappa shape index (κ1) is 15.3. The van der Waals surface area contributed by atoms with Crippen LogP contribution in [0.1, 0.15) is 25.8 Å². The van der Waals surface area contributed by atoms with Crippen LogP contribution in [0.3, 0.4) is 0 Å². The van der Waals surface area contributed by atoms with Crippen molar-refractivity contribution in [2.45, 2.75) is 38.1 Å². The number of benzene rings is 1. The average Bonchev–Trinajstić information content (AvgIpc) is 2.33. The number of halogens is 1. The lowest BCUT2D eigenvalue weighted by Gasteiger charge is -2.23. The summed E-state index contributed by atoms with van der Waals surface area (Å²) in [6.45, 7) is 5.55. The van der Waals surface area contributed by atoms with E-state index in [4.69, 9.17) is 17.3 Å². The molecule has 0 amide bonds. The molecule has 0 heterocycles. The van der Waals surface area contributed by atoms with Crippen molar-refractivity contribution in [2.75, 3.05) is 12.8 Å². The number of anilines is 1. The fourth-order valence-corrected chi connectivity index (χ4v) is 3.27. The summed E-state index contributed by atoms with van der Waals surface area (Å²) in [6.07, 6.45) is 0.741. The van der Waals surface area contributed by atoms with E-state index in [9.17, 15) is 8.42 Å². The number of sulfonamides is 1. The zero-order valence-corrected chi connectivity index (χ0v) is 12.6. The highest BCUT2D eigenvalue weighted by molar-refractivity contribution is 7.89. The van der Waals surface area contributed by atoms with Crippen molar-refractivity contribution < 1.29 is 8.42 Å². The quantitative estimate of drug-likeness (QED) is 0.867. The molecule has 18 heavy (non-hydrogen) atoms. The predicted octanol–water partition coefficient (Wildman–Crippen LogP) is 2.65. The van der Waals surface area contributed by atoms with E-state index in [1.165, 1.54) is 16.4 Å². The van der Waals surface area contributed by atoms with Gasteiger partial charge in [0.05, 0.1) is 4.90 Å². The van der Waals surface area contributed by atoms with Crippen LogP contribution in [0.5, 0.6) is 0 Å². The van der Waals surface area contributed by atoms with E-state index in [1.54, 1.807) is 14.0 Å². The SMILES string of the molecule is CCC(C)N(C)S(=O)(=O)c1cc(N)c(C)c(Cl)c1. The topological polar surface area (TPSA) is 63.4 Å². The van der Waals surface area contributed by atoms with Gasteiger partial charge in [0.2, 0.25) is 10.0 Å². The van der Waals surface area contributed by atoms with Gasteiger partial charge in [0.15, 0.2) is 0 Å². The second-order valence-corrected chi connectivity index (χ2v) is 6.80. The molecule has 0 saturated heterocycles. The minimum absolute atomic E-state index is 0.0729. The molecular formula is C12H19ClN2O2S. The zero-order valence-electron chi connectivity index (χ0n) is 11.1. The second kappa shape index (κ2) is 5.47. The van der Waals surface area contributed by atoms with Crippen molar-refractivity contribution in [3.8, 4) is 0 Å². The molecule has 0 aliphatic heterocycles. The normalized spacial score (nSPS) is 13.9. The highest BCUT2D eigenvalue weighted by Crippen LogP contribution is 2.28. The lowest BCUT2D eigenvalue weighted by Crippen LogP contribution is -2.34. The number of rotatable bonds is 4. The van der Waals surface area contributed by atoms with Crippen molar-refractivity contribution in [1.82, 2.24) is 4.31 Å². The minimum Gasteiger partial charge on any atom is -0.398 e. The molecule has 4 nitrogen and oxygen atoms in total. The molecule has 2 N–H and O–H groups in total. The fourth-order valence-electron chi connectivity index (χ4n) is 1.48. The first-order valence-electron chi connectivity index (χ1n) is 5.75. The summed E-state index contributed by atoms with van der Waals surface area (Å²) < 4.78 is 26.1. The maximum Gasteiger partial charge on any atom is 0.243 e. The van der Waals surface area contributed by atoms with Crippen molar-refractivity contribution in [2.24, 2.45) is 0 Å². The molecule has 0 aromatic heterocycles. The van der Waals surface area contributed by atoms with Gasteiger partial charge in [-0.05, 0) is 38.0 Å². The van der Waals surface area contributed by atoms with Gasteiger partial charge in [-0.15, -0.1) is 0 Å². The van der Waals surface area contributed by atoms with Crippen LogP contribution in [-0.4, -0.2) is 25.8 Å². The van der Waals surface area contributed by atoms with Crippen molar-refractivity contribution in [3.05, 3.63) is 22.7 Å². The van der Waals surface area contributed by atoms with Crippen molar-refractivity contribution >= 4 is 27.3 Å². The molecule has 0 fully saturated rings. The molecule has 0 aliphatic carbocycles. The molecule has 1 aromatic rings. The van der Waals surface area contributed by atoms with Crippen LogP contribution in [0, 0.1) is 6.92 Å². The Morgan fingerprint density at radius 3 is 2.44 bits per heavy atom. The summed E-state index contributed by atoms with van der Waals surface area (Å²) in [5.41, 5.74) is 6.84. The van der Waals surface area contributed by atoms with Crippen LogP contribution in [0.15, 0.2) is 17.0 Å². The molecule has 102 valence electrons. The smallest absolute Gasteiger partial charge is 0.243 e. The van der Waals surface area contributed by atoms with E-state index in [1.807, 2.05) is 13.8 Å². The zero-order chi connectivity index (χ0) is 14.1. The summed E-state index contributed by atoms with van der Waals surface area (Å²) >= 11 is 5.98. The van der Waals surface area contributed by atoms with E-state index in [0.717, 1.165) is 6.42 Å². The Bertz CT molecular complexity index is 520. The Morgan fingerprint density at radius 1 is 1.44 bits per heavy atom. The minimum atomic E-state index is -3.54. The lowest BCUT2D eigenvalue weighted by atomic mass is 10.2. The van der Waals surface area contributed by atoms with Crippen molar-refractivity contribution in [1.29, 1.82) is 0 Å². The van der Waals surface area contributed by atoms with Gasteiger partial charge in [0, 0.05) is 23.8 Å². The van der Waals surface area contributed by atoms with Gasteiger partial charge < -0.3 is 5.73 Å². The fraction of sp³-hybridized carbons (Fsp3) is 0.500. The van der Waals surface area contributed by atoms with Crippen LogP contribution in [0.2, 0.25) is 5.02 Å². The average molecular weight is 291 g/mol. The third kappa shape index (κ3) is 2.79. The van der Waals surface area contributed by atoms with Gasteiger partial charge in [-0.2, -0.15) is 4.31 Å². The molecule has 6 heteroatoms. The molecule has 1 unspecified atom stereocenters. The molecule has 0 bridgehead atoms. The van der Waals surface area contributed by atoms with Gasteiger partial charge in [-0.3, -0.25) is 0 Å². The molecule has 1 atom stereocenters. The van der Waals surface area contributed by atoms with Crippen LogP contribution in [0.25, 0.3) is 0 Å². The highest BCUT2D eigenvalue weighted by atomic mass is 35.5. The predicted molar refractivity (Wildman–Crippen MR) is 75.3 cm³/mol. The summed E-state index contributed by atoms with van der Waals surface area (Å²) in [6, 6.07) is 2.83. The molecule has 0 aliphatic rings. The van der Waals surface area contributed by atoms with E-state index >= 15 is 0 Å². The van der Waals surface area contributed by atoms with E-state index in [-0.39, 0.29) is 10.9 Å². The van der Waals surface area contributed by atoms with E-state index in [0.29, 0.717) is 16.3 Å². The van der Waals surface area contributed by atoms with Gasteiger partial charge in [0.25, 0.3) is 0 Å². The maximum absolute atomic E-state index is 12.4. The van der Waals surface area contributed by atoms with Crippen LogP contribution in [0.4, 0.5) is 5.69 Å². The third-order valence-electron chi connectivity index (χ3n) is 3.25. The molecular weight excluding hydrogens is 272 g/mol. The molecule has 0 spiro atoms. The van der Waals surface area contributed by atoms with Gasteiger partial charge in [0.1, 0.15) is 0 Å². The Balaban J connectivity index is 3.29. The summed E-state index contributed by atoms with van der Waals surface area (Å²) in [5.74, 6) is 0. The number of hydrogen-bond donors (Lipinski definition) is 1. The number of nitrogens with zero attached hydrogens (tertiary/aromatic N) is 1. The van der Waals surface area contributed by atoms with E-state index < -0.39 is 10.0 Å². The third-order valence-corrected chi connectivity index (χ3v) is 5.59. The summed E-state index contributed by atoms with van der Waals surface area (Å²) in [4.78, 5) is 0.137. The Morgan fingerprint density at radius 2 is 2.00 bits per heavy atom. The van der Waals surface area contributed by atoms with Gasteiger partial charge >= 0.3 is 0 Å². The number of nitrogens with two attached hydrogens (primary N) is 1. The Labute approximate surface area is 114 Å². The molecule has 1 rings (SSSR count). The van der Waals surface area contributed by atoms with E-state index in [2.05, 4.69) is 0 Å². The monoisotopic (exact) mass is 290 g/mol. The maximum atomic E-state index is 12.4. The first-order valence-corrected chi connectivity index (χ1v) is 7.57. The summed E-state index contributed by atoms with van der Waals surface area (Å²) in [7, 11) is -1.98. The van der Waals surface area contributed by atoms with Gasteiger partial charge in [-0.1, -0.05) is 18.5 Å². The van der Waals surface area contributed by atoms with Crippen LogP contribution >= 0.6 is 11.6 Å². The number of nitrogen functional groups attached to an aromatic ring is 1. The first-order chi connectivity index (χ1) is 8.21. The number of hydrogen-bond acceptors (Lipinski definition) is 3. The Hall–Kier alpha value is -0.780. The molecule has 0 saturated carbocycles. The standard InChI is InChI=1S/C12H19ClN2O2S/c1-5-8(2)15(4)18(16,17)10-6-11(13)9(3)12(14)7-10/h6-8H,5,14H2,1-4H3. The largest absolute Gasteiger partial charge is 0.398 e.